The Kier molecular flexibility index (Phi) is 8.49. The largest absolute Gasteiger partial charge is 0.435 e. The summed E-state index contributed by atoms with van der Waals surface area (Å²) in [5, 5.41) is 5.82. The van der Waals surface area contributed by atoms with E-state index >= 15 is 0 Å². The number of ether oxygens (including phenoxy) is 1. The first-order valence-electron chi connectivity index (χ1n) is 10.5. The summed E-state index contributed by atoms with van der Waals surface area (Å²) in [6, 6.07) is 11.8. The molecule has 2 aromatic rings. The number of alkyl halides is 2. The van der Waals surface area contributed by atoms with Crippen molar-refractivity contribution in [3.05, 3.63) is 65.5 Å². The van der Waals surface area contributed by atoms with Crippen LogP contribution in [0, 0.1) is 5.82 Å². The fraction of sp³-hybridized carbons (Fsp3) is 0.391. The van der Waals surface area contributed by atoms with Crippen LogP contribution in [-0.2, 0) is 11.2 Å². The molecule has 2 N–H and O–H groups in total. The molecule has 0 unspecified atom stereocenters. The van der Waals surface area contributed by atoms with E-state index in [9.17, 15) is 22.8 Å². The highest BCUT2D eigenvalue weighted by molar-refractivity contribution is 5.94. The fourth-order valence-electron chi connectivity index (χ4n) is 3.55. The predicted octanol–water partition coefficient (Wildman–Crippen LogP) is 2.98. The Morgan fingerprint density at radius 1 is 1.03 bits per heavy atom. The minimum Gasteiger partial charge on any atom is -0.435 e. The lowest BCUT2D eigenvalue weighted by atomic mass is 10.0. The van der Waals surface area contributed by atoms with E-state index in [-0.39, 0.29) is 36.0 Å². The van der Waals surface area contributed by atoms with E-state index in [1.807, 2.05) is 4.90 Å². The van der Waals surface area contributed by atoms with E-state index < -0.39 is 6.61 Å². The van der Waals surface area contributed by atoms with Gasteiger partial charge in [0.15, 0.2) is 0 Å². The van der Waals surface area contributed by atoms with E-state index in [1.54, 1.807) is 12.1 Å². The highest BCUT2D eigenvalue weighted by Crippen LogP contribution is 2.15. The standard InChI is InChI=1S/C23H26F3N3O3/c24-18-5-3-17(4-6-18)22(31)28-19-10-13-29(14-11-19)15-21(30)27-12-9-16-1-7-20(8-2-16)32-23(25)26/h1-8,19,23H,9-15H2,(H,27,30)(H,28,31). The number of hydrogen-bond acceptors (Lipinski definition) is 4. The van der Waals surface area contributed by atoms with Gasteiger partial charge in [-0.25, -0.2) is 4.39 Å². The van der Waals surface area contributed by atoms with Crippen LogP contribution in [0.4, 0.5) is 13.2 Å². The Hall–Kier alpha value is -3.07. The van der Waals surface area contributed by atoms with Gasteiger partial charge in [0.25, 0.3) is 5.91 Å². The first-order chi connectivity index (χ1) is 15.4. The number of likely N-dealkylation sites (tertiary alicyclic amines) is 1. The average molecular weight is 449 g/mol. The Morgan fingerprint density at radius 3 is 2.31 bits per heavy atom. The first kappa shape index (κ1) is 23.6. The van der Waals surface area contributed by atoms with Crippen molar-refractivity contribution >= 4 is 11.8 Å². The lowest BCUT2D eigenvalue weighted by molar-refractivity contribution is -0.122. The van der Waals surface area contributed by atoms with Crippen molar-refractivity contribution in [2.24, 2.45) is 0 Å². The van der Waals surface area contributed by atoms with Gasteiger partial charge in [0.05, 0.1) is 6.54 Å². The second-order valence-corrected chi connectivity index (χ2v) is 7.65. The van der Waals surface area contributed by atoms with Crippen molar-refractivity contribution in [3.63, 3.8) is 0 Å². The maximum Gasteiger partial charge on any atom is 0.387 e. The summed E-state index contributed by atoms with van der Waals surface area (Å²) >= 11 is 0. The molecule has 2 amide bonds. The van der Waals surface area contributed by atoms with E-state index in [4.69, 9.17) is 0 Å². The van der Waals surface area contributed by atoms with Gasteiger partial charge in [-0.3, -0.25) is 14.5 Å². The van der Waals surface area contributed by atoms with Gasteiger partial charge in [-0.1, -0.05) is 12.1 Å². The normalized spacial score (nSPS) is 14.9. The summed E-state index contributed by atoms with van der Waals surface area (Å²) in [5.41, 5.74) is 1.33. The molecule has 32 heavy (non-hydrogen) atoms. The molecule has 0 radical (unpaired) electrons. The summed E-state index contributed by atoms with van der Waals surface area (Å²) in [7, 11) is 0. The number of carbonyl (C=O) groups is 2. The Labute approximate surface area is 184 Å². The van der Waals surface area contributed by atoms with Crippen LogP contribution in [0.25, 0.3) is 0 Å². The summed E-state index contributed by atoms with van der Waals surface area (Å²) in [5.74, 6) is -0.595. The van der Waals surface area contributed by atoms with Gasteiger partial charge in [0.1, 0.15) is 11.6 Å². The zero-order valence-electron chi connectivity index (χ0n) is 17.5. The van der Waals surface area contributed by atoms with Gasteiger partial charge in [-0.2, -0.15) is 8.78 Å². The smallest absolute Gasteiger partial charge is 0.387 e. The zero-order chi connectivity index (χ0) is 22.9. The van der Waals surface area contributed by atoms with Gasteiger partial charge in [0.2, 0.25) is 5.91 Å². The molecular formula is C23H26F3N3O3. The Balaban J connectivity index is 1.32. The molecule has 9 heteroatoms. The molecule has 0 spiro atoms. The molecule has 0 aliphatic carbocycles. The number of halogens is 3. The zero-order valence-corrected chi connectivity index (χ0v) is 17.5. The van der Waals surface area contributed by atoms with E-state index in [0.717, 1.165) is 18.4 Å². The number of carbonyl (C=O) groups excluding carboxylic acids is 2. The van der Waals surface area contributed by atoms with Crippen molar-refractivity contribution in [2.75, 3.05) is 26.2 Å². The van der Waals surface area contributed by atoms with Crippen LogP contribution in [0.1, 0.15) is 28.8 Å². The molecule has 3 rings (SSSR count). The van der Waals surface area contributed by atoms with Crippen molar-refractivity contribution in [2.45, 2.75) is 31.9 Å². The van der Waals surface area contributed by atoms with Crippen molar-refractivity contribution in [3.8, 4) is 5.75 Å². The lowest BCUT2D eigenvalue weighted by Gasteiger charge is -2.31. The minimum absolute atomic E-state index is 0.0175. The van der Waals surface area contributed by atoms with Crippen molar-refractivity contribution in [1.82, 2.24) is 15.5 Å². The maximum absolute atomic E-state index is 13.0. The van der Waals surface area contributed by atoms with Gasteiger partial charge in [0, 0.05) is 31.2 Å². The molecule has 0 atom stereocenters. The molecule has 0 aromatic heterocycles. The van der Waals surface area contributed by atoms with Gasteiger partial charge in [-0.15, -0.1) is 0 Å². The number of amides is 2. The molecule has 1 saturated heterocycles. The molecule has 0 bridgehead atoms. The number of nitrogens with one attached hydrogen (secondary N) is 2. The van der Waals surface area contributed by atoms with Crippen LogP contribution >= 0.6 is 0 Å². The Morgan fingerprint density at radius 2 is 1.69 bits per heavy atom. The number of piperidine rings is 1. The second-order valence-electron chi connectivity index (χ2n) is 7.65. The highest BCUT2D eigenvalue weighted by Gasteiger charge is 2.22. The van der Waals surface area contributed by atoms with Crippen molar-refractivity contribution < 1.29 is 27.5 Å². The third kappa shape index (κ3) is 7.56. The number of rotatable bonds is 9. The average Bonchev–Trinajstić information content (AvgIpc) is 2.76. The maximum atomic E-state index is 13.0. The van der Waals surface area contributed by atoms with E-state index in [2.05, 4.69) is 15.4 Å². The molecular weight excluding hydrogens is 423 g/mol. The summed E-state index contributed by atoms with van der Waals surface area (Å²) in [4.78, 5) is 26.5. The first-order valence-corrected chi connectivity index (χ1v) is 10.5. The molecule has 6 nitrogen and oxygen atoms in total. The molecule has 0 saturated carbocycles. The van der Waals surface area contributed by atoms with Crippen LogP contribution in [0.5, 0.6) is 5.75 Å². The lowest BCUT2D eigenvalue weighted by Crippen LogP contribution is -2.47. The molecule has 1 aliphatic rings. The molecule has 1 heterocycles. The van der Waals surface area contributed by atoms with Crippen LogP contribution in [0.3, 0.4) is 0 Å². The Bertz CT molecular complexity index is 884. The van der Waals surface area contributed by atoms with Gasteiger partial charge < -0.3 is 15.4 Å². The topological polar surface area (TPSA) is 70.7 Å². The quantitative estimate of drug-likeness (QED) is 0.618. The molecule has 2 aromatic carbocycles. The summed E-state index contributed by atoms with van der Waals surface area (Å²) < 4.78 is 41.6. The third-order valence-electron chi connectivity index (χ3n) is 5.28. The number of nitrogens with zero attached hydrogens (tertiary/aromatic N) is 1. The van der Waals surface area contributed by atoms with Crippen LogP contribution in [0.2, 0.25) is 0 Å². The predicted molar refractivity (Wildman–Crippen MR) is 113 cm³/mol. The summed E-state index contributed by atoms with van der Waals surface area (Å²) in [6.45, 7) is -0.755. The van der Waals surface area contributed by atoms with Gasteiger partial charge >= 0.3 is 6.61 Å². The van der Waals surface area contributed by atoms with E-state index in [0.29, 0.717) is 31.6 Å². The monoisotopic (exact) mass is 449 g/mol. The second kappa shape index (κ2) is 11.5. The highest BCUT2D eigenvalue weighted by atomic mass is 19.3. The summed E-state index contributed by atoms with van der Waals surface area (Å²) in [6.07, 6.45) is 2.04. The minimum atomic E-state index is -2.85. The third-order valence-corrected chi connectivity index (χ3v) is 5.28. The van der Waals surface area contributed by atoms with Crippen LogP contribution in [0.15, 0.2) is 48.5 Å². The van der Waals surface area contributed by atoms with Crippen molar-refractivity contribution in [1.29, 1.82) is 0 Å². The number of hydrogen-bond donors (Lipinski definition) is 2. The SMILES string of the molecule is O=C(CN1CCC(NC(=O)c2ccc(F)cc2)CC1)NCCc1ccc(OC(F)F)cc1. The fourth-order valence-corrected chi connectivity index (χ4v) is 3.55. The van der Waals surface area contributed by atoms with Crippen LogP contribution < -0.4 is 15.4 Å². The number of benzene rings is 2. The van der Waals surface area contributed by atoms with Gasteiger partial charge in [-0.05, 0) is 61.2 Å². The molecule has 1 fully saturated rings. The molecule has 1 aliphatic heterocycles. The van der Waals surface area contributed by atoms with Crippen LogP contribution in [-0.4, -0.2) is 55.5 Å². The molecule has 172 valence electrons. The van der Waals surface area contributed by atoms with E-state index in [1.165, 1.54) is 36.4 Å².